The monoisotopic (exact) mass is 307 g/mol. The number of hydrogen-bond donors (Lipinski definition) is 1. The van der Waals surface area contributed by atoms with Crippen LogP contribution in [0.5, 0.6) is 0 Å². The summed E-state index contributed by atoms with van der Waals surface area (Å²) in [6.07, 6.45) is 0. The molecular weight excluding hydrogens is 294 g/mol. The summed E-state index contributed by atoms with van der Waals surface area (Å²) in [6, 6.07) is 18.5. The molecular formula is C18H13NO4. The van der Waals surface area contributed by atoms with Gasteiger partial charge in [-0.05, 0) is 0 Å². The Labute approximate surface area is 133 Å². The average Bonchev–Trinajstić information content (AvgIpc) is 2.61. The maximum absolute atomic E-state index is 11.8. The molecule has 0 heterocycles. The molecule has 0 spiro atoms. The first-order chi connectivity index (χ1) is 11.0. The van der Waals surface area contributed by atoms with Crippen LogP contribution in [0.3, 0.4) is 0 Å². The Kier molecular flexibility index (Phi) is 6.63. The van der Waals surface area contributed by atoms with Crippen molar-refractivity contribution in [1.29, 1.82) is 5.26 Å². The van der Waals surface area contributed by atoms with Gasteiger partial charge in [-0.25, -0.2) is 4.79 Å². The van der Waals surface area contributed by atoms with Crippen LogP contribution in [-0.2, 0) is 4.79 Å². The number of rotatable bonds is 4. The van der Waals surface area contributed by atoms with Crippen LogP contribution in [0.2, 0.25) is 0 Å². The molecule has 5 heteroatoms. The molecule has 0 unspecified atom stereocenters. The third kappa shape index (κ3) is 5.40. The number of aliphatic carboxylic acids is 1. The van der Waals surface area contributed by atoms with Crippen LogP contribution >= 0.6 is 0 Å². The van der Waals surface area contributed by atoms with Gasteiger partial charge in [0.25, 0.3) is 0 Å². The number of benzene rings is 2. The van der Waals surface area contributed by atoms with Crippen LogP contribution in [0.4, 0.5) is 0 Å². The highest BCUT2D eigenvalue weighted by Crippen LogP contribution is 2.07. The van der Waals surface area contributed by atoms with E-state index in [1.165, 1.54) is 6.07 Å². The van der Waals surface area contributed by atoms with E-state index in [1.54, 1.807) is 48.5 Å². The molecule has 2 aromatic carbocycles. The lowest BCUT2D eigenvalue weighted by molar-refractivity contribution is -0.132. The highest BCUT2D eigenvalue weighted by Gasteiger charge is 2.16. The quantitative estimate of drug-likeness (QED) is 0.405. The van der Waals surface area contributed by atoms with E-state index in [9.17, 15) is 14.4 Å². The van der Waals surface area contributed by atoms with E-state index in [1.807, 2.05) is 12.1 Å². The van der Waals surface area contributed by atoms with Crippen molar-refractivity contribution in [3.8, 4) is 6.07 Å². The molecule has 23 heavy (non-hydrogen) atoms. The van der Waals surface area contributed by atoms with Gasteiger partial charge in [0.1, 0.15) is 11.6 Å². The number of Topliss-reactive ketones (excluding diaryl/α,β-unsaturated/α-hetero) is 2. The third-order valence-corrected chi connectivity index (χ3v) is 2.67. The lowest BCUT2D eigenvalue weighted by atomic mass is 10.0. The molecule has 0 saturated carbocycles. The number of nitriles is 1. The minimum Gasteiger partial charge on any atom is -0.477 e. The van der Waals surface area contributed by atoms with E-state index in [0.717, 1.165) is 0 Å². The summed E-state index contributed by atoms with van der Waals surface area (Å²) in [5.74, 6) is -2.19. The Hall–Kier alpha value is -3.52. The Morgan fingerprint density at radius 1 is 0.826 bits per heavy atom. The molecule has 0 aromatic heterocycles. The minimum atomic E-state index is -1.26. The zero-order valence-electron chi connectivity index (χ0n) is 12.1. The molecule has 2 aromatic rings. The molecule has 0 radical (unpaired) electrons. The molecule has 0 fully saturated rings. The van der Waals surface area contributed by atoms with Crippen molar-refractivity contribution < 1.29 is 19.5 Å². The first-order valence-corrected chi connectivity index (χ1v) is 6.48. The predicted octanol–water partition coefficient (Wildman–Crippen LogP) is 2.90. The van der Waals surface area contributed by atoms with Crippen LogP contribution in [0.15, 0.2) is 72.8 Å². The summed E-state index contributed by atoms with van der Waals surface area (Å²) >= 11 is 0. The standard InChI is InChI=1S/C14H10O2.C4H3NO2/c15-13(11-7-3-1-4-8-11)14(16)12-9-5-2-6-10-12;1-3(2-5)4(6)7/h1-10H;1H2,(H,6,7). The van der Waals surface area contributed by atoms with Gasteiger partial charge >= 0.3 is 5.97 Å². The molecule has 0 bridgehead atoms. The van der Waals surface area contributed by atoms with E-state index < -0.39 is 23.1 Å². The predicted molar refractivity (Wildman–Crippen MR) is 83.9 cm³/mol. The highest BCUT2D eigenvalue weighted by atomic mass is 16.4. The smallest absolute Gasteiger partial charge is 0.345 e. The van der Waals surface area contributed by atoms with Crippen molar-refractivity contribution in [2.75, 3.05) is 0 Å². The fraction of sp³-hybridized carbons (Fsp3) is 0. The molecule has 0 amide bonds. The summed E-state index contributed by atoms with van der Waals surface area (Å²) < 4.78 is 0. The first-order valence-electron chi connectivity index (χ1n) is 6.48. The molecule has 0 aliphatic heterocycles. The Morgan fingerprint density at radius 2 is 1.17 bits per heavy atom. The number of hydrogen-bond acceptors (Lipinski definition) is 4. The fourth-order valence-electron chi connectivity index (χ4n) is 1.49. The Balaban J connectivity index is 0.000000322. The summed E-state index contributed by atoms with van der Waals surface area (Å²) in [5.41, 5.74) is 0.424. The number of carboxylic acid groups (broad SMARTS) is 1. The highest BCUT2D eigenvalue weighted by molar-refractivity contribution is 6.49. The topological polar surface area (TPSA) is 95.2 Å². The van der Waals surface area contributed by atoms with Gasteiger partial charge in [0, 0.05) is 11.1 Å². The summed E-state index contributed by atoms with van der Waals surface area (Å²) in [5, 5.41) is 15.6. The van der Waals surface area contributed by atoms with Gasteiger partial charge in [-0.3, -0.25) is 9.59 Å². The third-order valence-electron chi connectivity index (χ3n) is 2.67. The van der Waals surface area contributed by atoms with Gasteiger partial charge < -0.3 is 5.11 Å². The zero-order valence-corrected chi connectivity index (χ0v) is 12.1. The number of carboxylic acids is 1. The van der Waals surface area contributed by atoms with Crippen LogP contribution < -0.4 is 0 Å². The van der Waals surface area contributed by atoms with Crippen LogP contribution in [0.25, 0.3) is 0 Å². The van der Waals surface area contributed by atoms with Crippen LogP contribution in [-0.4, -0.2) is 22.6 Å². The molecule has 0 atom stereocenters. The molecule has 0 saturated heterocycles. The van der Waals surface area contributed by atoms with E-state index in [4.69, 9.17) is 10.4 Å². The van der Waals surface area contributed by atoms with Gasteiger partial charge in [0.15, 0.2) is 0 Å². The van der Waals surface area contributed by atoms with Crippen molar-refractivity contribution in [2.24, 2.45) is 0 Å². The molecule has 1 N–H and O–H groups in total. The van der Waals surface area contributed by atoms with Gasteiger partial charge in [-0.1, -0.05) is 67.2 Å². The van der Waals surface area contributed by atoms with Gasteiger partial charge in [-0.15, -0.1) is 0 Å². The lowest BCUT2D eigenvalue weighted by Crippen LogP contribution is -2.14. The largest absolute Gasteiger partial charge is 0.477 e. The zero-order chi connectivity index (χ0) is 17.2. The fourth-order valence-corrected chi connectivity index (χ4v) is 1.49. The van der Waals surface area contributed by atoms with Gasteiger partial charge in [0.05, 0.1) is 0 Å². The Morgan fingerprint density at radius 3 is 1.39 bits per heavy atom. The van der Waals surface area contributed by atoms with Crippen molar-refractivity contribution in [3.63, 3.8) is 0 Å². The molecule has 114 valence electrons. The van der Waals surface area contributed by atoms with Crippen molar-refractivity contribution >= 4 is 17.5 Å². The second kappa shape index (κ2) is 8.70. The number of carbonyl (C=O) groups excluding carboxylic acids is 2. The first kappa shape index (κ1) is 17.5. The molecule has 0 aliphatic carbocycles. The van der Waals surface area contributed by atoms with Crippen LogP contribution in [0, 0.1) is 11.3 Å². The maximum atomic E-state index is 11.8. The minimum absolute atomic E-state index is 0.427. The number of carbonyl (C=O) groups is 3. The van der Waals surface area contributed by atoms with Gasteiger partial charge in [0.2, 0.25) is 11.6 Å². The van der Waals surface area contributed by atoms with E-state index in [0.29, 0.717) is 11.1 Å². The normalized spacial score (nSPS) is 8.83. The second-order valence-electron chi connectivity index (χ2n) is 4.29. The van der Waals surface area contributed by atoms with Crippen molar-refractivity contribution in [3.05, 3.63) is 83.9 Å². The summed E-state index contributed by atoms with van der Waals surface area (Å²) in [7, 11) is 0. The van der Waals surface area contributed by atoms with Gasteiger partial charge in [-0.2, -0.15) is 5.26 Å². The van der Waals surface area contributed by atoms with Crippen LogP contribution in [0.1, 0.15) is 20.7 Å². The lowest BCUT2D eigenvalue weighted by Gasteiger charge is -1.99. The molecule has 0 aliphatic rings. The molecule has 2 rings (SSSR count). The SMILES string of the molecule is C=C(C#N)C(=O)O.O=C(C(=O)c1ccccc1)c1ccccc1. The van der Waals surface area contributed by atoms with E-state index in [2.05, 4.69) is 6.58 Å². The maximum Gasteiger partial charge on any atom is 0.345 e. The Bertz CT molecular complexity index is 709. The van der Waals surface area contributed by atoms with E-state index in [-0.39, 0.29) is 0 Å². The summed E-state index contributed by atoms with van der Waals surface area (Å²) in [6.45, 7) is 2.91. The van der Waals surface area contributed by atoms with E-state index >= 15 is 0 Å². The average molecular weight is 307 g/mol. The van der Waals surface area contributed by atoms with Crippen molar-refractivity contribution in [1.82, 2.24) is 0 Å². The second-order valence-corrected chi connectivity index (χ2v) is 4.29. The number of nitrogens with zero attached hydrogens (tertiary/aromatic N) is 1. The number of ketones is 2. The summed E-state index contributed by atoms with van der Waals surface area (Å²) in [4.78, 5) is 33.2. The van der Waals surface area contributed by atoms with Crippen molar-refractivity contribution in [2.45, 2.75) is 0 Å². The molecule has 5 nitrogen and oxygen atoms in total.